The van der Waals surface area contributed by atoms with Crippen molar-refractivity contribution in [1.29, 1.82) is 0 Å². The molecule has 0 aromatic carbocycles. The van der Waals surface area contributed by atoms with Crippen LogP contribution in [0.2, 0.25) is 0 Å². The Labute approximate surface area is 108 Å². The van der Waals surface area contributed by atoms with Gasteiger partial charge in [0, 0.05) is 5.70 Å². The van der Waals surface area contributed by atoms with Crippen LogP contribution in [0.25, 0.3) is 0 Å². The maximum absolute atomic E-state index is 12.1. The van der Waals surface area contributed by atoms with Gasteiger partial charge in [0.2, 0.25) is 0 Å². The van der Waals surface area contributed by atoms with E-state index in [-0.39, 0.29) is 0 Å². The van der Waals surface area contributed by atoms with E-state index in [1.165, 1.54) is 12.0 Å². The first-order chi connectivity index (χ1) is 8.26. The molecule has 102 valence electrons. The summed E-state index contributed by atoms with van der Waals surface area (Å²) in [5.74, 6) is -0.429. The Balaban J connectivity index is 2.88. The predicted octanol–water partition coefficient (Wildman–Crippen LogP) is 2.46. The van der Waals surface area contributed by atoms with Crippen LogP contribution in [-0.2, 0) is 14.3 Å². The molecule has 0 bridgehead atoms. The minimum Gasteiger partial charge on any atom is -0.467 e. The number of esters is 1. The van der Waals surface area contributed by atoms with Gasteiger partial charge in [-0.2, -0.15) is 0 Å². The van der Waals surface area contributed by atoms with Gasteiger partial charge in [0.15, 0.2) is 0 Å². The van der Waals surface area contributed by atoms with Crippen LogP contribution in [0.4, 0.5) is 4.79 Å². The molecule has 1 aliphatic rings. The minimum absolute atomic E-state index is 0.429. The van der Waals surface area contributed by atoms with Gasteiger partial charge in [-0.15, -0.1) is 0 Å². The Bertz CT molecular complexity index is 356. The predicted molar refractivity (Wildman–Crippen MR) is 66.9 cm³/mol. The number of allylic oxidation sites excluding steroid dienone is 1. The SMILES string of the molecule is C=C1CCC[C@@H](C(=O)OC)N1C(=O)OC(C)(C)C. The van der Waals surface area contributed by atoms with Crippen molar-refractivity contribution in [3.63, 3.8) is 0 Å². The van der Waals surface area contributed by atoms with Gasteiger partial charge in [-0.05, 0) is 40.0 Å². The summed E-state index contributed by atoms with van der Waals surface area (Å²) in [7, 11) is 1.31. The number of piperidine rings is 1. The number of amides is 1. The lowest BCUT2D eigenvalue weighted by atomic mass is 10.0. The number of carbonyl (C=O) groups excluding carboxylic acids is 2. The fourth-order valence-electron chi connectivity index (χ4n) is 1.90. The molecule has 0 unspecified atom stereocenters. The molecule has 0 spiro atoms. The third kappa shape index (κ3) is 3.48. The molecule has 1 heterocycles. The number of hydrogen-bond donors (Lipinski definition) is 0. The highest BCUT2D eigenvalue weighted by atomic mass is 16.6. The van der Waals surface area contributed by atoms with E-state index in [9.17, 15) is 9.59 Å². The molecule has 5 nitrogen and oxygen atoms in total. The number of carbonyl (C=O) groups is 2. The highest BCUT2D eigenvalue weighted by Crippen LogP contribution is 2.27. The van der Waals surface area contributed by atoms with Gasteiger partial charge in [0.05, 0.1) is 7.11 Å². The fourth-order valence-corrected chi connectivity index (χ4v) is 1.90. The van der Waals surface area contributed by atoms with Crippen molar-refractivity contribution in [3.05, 3.63) is 12.3 Å². The van der Waals surface area contributed by atoms with Crippen LogP contribution in [0.1, 0.15) is 40.0 Å². The molecule has 1 fully saturated rings. The zero-order chi connectivity index (χ0) is 13.9. The lowest BCUT2D eigenvalue weighted by Crippen LogP contribution is -2.48. The number of rotatable bonds is 1. The van der Waals surface area contributed by atoms with Crippen molar-refractivity contribution < 1.29 is 19.1 Å². The van der Waals surface area contributed by atoms with Crippen molar-refractivity contribution in [3.8, 4) is 0 Å². The van der Waals surface area contributed by atoms with Crippen LogP contribution >= 0.6 is 0 Å². The Kier molecular flexibility index (Phi) is 4.38. The maximum atomic E-state index is 12.1. The molecule has 1 aliphatic heterocycles. The standard InChI is InChI=1S/C13H21NO4/c1-9-7-6-8-10(11(15)17-5)14(9)12(16)18-13(2,3)4/h10H,1,6-8H2,2-5H3/t10-/m0/s1. The highest BCUT2D eigenvalue weighted by molar-refractivity contribution is 5.83. The number of hydrogen-bond acceptors (Lipinski definition) is 4. The number of methoxy groups -OCH3 is 1. The van der Waals surface area contributed by atoms with Crippen molar-refractivity contribution in [2.24, 2.45) is 0 Å². The highest BCUT2D eigenvalue weighted by Gasteiger charge is 2.37. The van der Waals surface area contributed by atoms with Crippen LogP contribution in [-0.4, -0.2) is 35.7 Å². The second-order valence-corrected chi connectivity index (χ2v) is 5.35. The lowest BCUT2D eigenvalue weighted by Gasteiger charge is -2.36. The molecule has 5 heteroatoms. The summed E-state index contributed by atoms with van der Waals surface area (Å²) in [6.07, 6.45) is 1.54. The first-order valence-electron chi connectivity index (χ1n) is 6.04. The fraction of sp³-hybridized carbons (Fsp3) is 0.692. The van der Waals surface area contributed by atoms with Crippen LogP contribution < -0.4 is 0 Å². The zero-order valence-corrected chi connectivity index (χ0v) is 11.5. The van der Waals surface area contributed by atoms with Gasteiger partial charge in [0.25, 0.3) is 0 Å². The second-order valence-electron chi connectivity index (χ2n) is 5.35. The Morgan fingerprint density at radius 2 is 2.00 bits per heavy atom. The topological polar surface area (TPSA) is 55.8 Å². The summed E-state index contributed by atoms with van der Waals surface area (Å²) in [5, 5.41) is 0. The maximum Gasteiger partial charge on any atom is 0.415 e. The summed E-state index contributed by atoms with van der Waals surface area (Å²) < 4.78 is 10.0. The lowest BCUT2D eigenvalue weighted by molar-refractivity contribution is -0.147. The Hall–Kier alpha value is -1.52. The van der Waals surface area contributed by atoms with Crippen LogP contribution in [0.15, 0.2) is 12.3 Å². The molecule has 1 rings (SSSR count). The molecule has 0 aromatic heterocycles. The van der Waals surface area contributed by atoms with E-state index in [1.807, 2.05) is 0 Å². The molecule has 0 aromatic rings. The van der Waals surface area contributed by atoms with Gasteiger partial charge < -0.3 is 9.47 Å². The smallest absolute Gasteiger partial charge is 0.415 e. The van der Waals surface area contributed by atoms with Crippen molar-refractivity contribution in [2.45, 2.75) is 51.7 Å². The van der Waals surface area contributed by atoms with Crippen LogP contribution in [0.3, 0.4) is 0 Å². The molecule has 0 saturated carbocycles. The number of nitrogens with zero attached hydrogens (tertiary/aromatic N) is 1. The molecular weight excluding hydrogens is 234 g/mol. The van der Waals surface area contributed by atoms with Gasteiger partial charge in [-0.25, -0.2) is 9.59 Å². The molecule has 1 amide bonds. The average molecular weight is 255 g/mol. The number of likely N-dealkylation sites (tertiary alicyclic amines) is 1. The first-order valence-corrected chi connectivity index (χ1v) is 6.04. The van der Waals surface area contributed by atoms with Gasteiger partial charge in [-0.1, -0.05) is 6.58 Å². The molecular formula is C13H21NO4. The average Bonchev–Trinajstić information content (AvgIpc) is 2.25. The third-order valence-corrected chi connectivity index (χ3v) is 2.66. The first kappa shape index (κ1) is 14.5. The van der Waals surface area contributed by atoms with E-state index in [2.05, 4.69) is 6.58 Å². The van der Waals surface area contributed by atoms with E-state index in [0.717, 1.165) is 6.42 Å². The Morgan fingerprint density at radius 1 is 1.39 bits per heavy atom. The van der Waals surface area contributed by atoms with Crippen molar-refractivity contribution in [1.82, 2.24) is 4.90 Å². The van der Waals surface area contributed by atoms with Gasteiger partial charge >= 0.3 is 12.1 Å². The molecule has 1 saturated heterocycles. The van der Waals surface area contributed by atoms with E-state index in [4.69, 9.17) is 9.47 Å². The molecule has 0 aliphatic carbocycles. The van der Waals surface area contributed by atoms with E-state index in [0.29, 0.717) is 18.5 Å². The third-order valence-electron chi connectivity index (χ3n) is 2.66. The van der Waals surface area contributed by atoms with Crippen molar-refractivity contribution >= 4 is 12.1 Å². The second kappa shape index (κ2) is 5.42. The molecule has 0 N–H and O–H groups in total. The molecule has 18 heavy (non-hydrogen) atoms. The minimum atomic E-state index is -0.619. The summed E-state index contributed by atoms with van der Waals surface area (Å²) >= 11 is 0. The van der Waals surface area contributed by atoms with E-state index in [1.54, 1.807) is 20.8 Å². The monoisotopic (exact) mass is 255 g/mol. The van der Waals surface area contributed by atoms with Gasteiger partial charge in [0.1, 0.15) is 11.6 Å². The molecule has 1 atom stereocenters. The summed E-state index contributed by atoms with van der Waals surface area (Å²) in [5.41, 5.74) is 0.000979. The summed E-state index contributed by atoms with van der Waals surface area (Å²) in [6.45, 7) is 9.18. The van der Waals surface area contributed by atoms with Crippen LogP contribution in [0.5, 0.6) is 0 Å². The molecule has 0 radical (unpaired) electrons. The normalized spacial score (nSPS) is 20.6. The summed E-state index contributed by atoms with van der Waals surface area (Å²) in [4.78, 5) is 25.1. The van der Waals surface area contributed by atoms with E-state index < -0.39 is 23.7 Å². The summed E-state index contributed by atoms with van der Waals surface area (Å²) in [6, 6.07) is -0.619. The number of ether oxygens (including phenoxy) is 2. The van der Waals surface area contributed by atoms with E-state index >= 15 is 0 Å². The quantitative estimate of drug-likeness (QED) is 0.675. The Morgan fingerprint density at radius 3 is 2.50 bits per heavy atom. The van der Waals surface area contributed by atoms with Gasteiger partial charge in [-0.3, -0.25) is 4.90 Å². The zero-order valence-electron chi connectivity index (χ0n) is 11.5. The van der Waals surface area contributed by atoms with Crippen LogP contribution in [0, 0.1) is 0 Å². The largest absolute Gasteiger partial charge is 0.467 e. The van der Waals surface area contributed by atoms with Crippen molar-refractivity contribution in [2.75, 3.05) is 7.11 Å².